The lowest BCUT2D eigenvalue weighted by atomic mass is 9.86. The summed E-state index contributed by atoms with van der Waals surface area (Å²) >= 11 is 0. The minimum absolute atomic E-state index is 0.780. The third kappa shape index (κ3) is 4.67. The maximum Gasteiger partial charge on any atom is 0.287 e. The molecule has 2 aromatic heterocycles. The van der Waals surface area contributed by atoms with Crippen molar-refractivity contribution in [2.45, 2.75) is 13.1 Å². The van der Waals surface area contributed by atoms with Crippen molar-refractivity contribution in [1.82, 2.24) is 9.97 Å². The van der Waals surface area contributed by atoms with Crippen LogP contribution >= 0.6 is 0 Å². The first-order valence-electron chi connectivity index (χ1n) is 15.1. The molecular formula is C40H32N4+2. The molecule has 210 valence electrons. The van der Waals surface area contributed by atoms with Gasteiger partial charge in [-0.15, -0.1) is 0 Å². The summed E-state index contributed by atoms with van der Waals surface area (Å²) in [4.78, 5) is 7.23. The first-order valence-corrected chi connectivity index (χ1v) is 15.1. The number of rotatable bonds is 7. The SMILES string of the molecule is c1ccc(C[n+]2cc[nH]c2-c2ccc3ccccc3c2-c2c(-c3[nH]cc[n+]3Cc3ccccc3)ccc3ccccc23)cc1. The van der Waals surface area contributed by atoms with Gasteiger partial charge in [-0.3, -0.25) is 0 Å². The Labute approximate surface area is 256 Å². The van der Waals surface area contributed by atoms with Crippen LogP contribution in [0.2, 0.25) is 0 Å². The Morgan fingerprint density at radius 3 is 1.27 bits per heavy atom. The molecule has 0 bridgehead atoms. The van der Waals surface area contributed by atoms with E-state index in [2.05, 4.69) is 165 Å². The number of aromatic amines is 2. The van der Waals surface area contributed by atoms with Gasteiger partial charge in [-0.1, -0.05) is 121 Å². The Balaban J connectivity index is 1.41. The van der Waals surface area contributed by atoms with Crippen molar-refractivity contribution in [3.8, 4) is 33.9 Å². The van der Waals surface area contributed by atoms with Crippen LogP contribution in [0.5, 0.6) is 0 Å². The van der Waals surface area contributed by atoms with Crippen molar-refractivity contribution in [3.05, 3.63) is 169 Å². The average Bonchev–Trinajstić information content (AvgIpc) is 3.74. The second kappa shape index (κ2) is 11.2. The van der Waals surface area contributed by atoms with Gasteiger partial charge in [-0.25, -0.2) is 19.1 Å². The number of nitrogens with zero attached hydrogens (tertiary/aromatic N) is 2. The minimum atomic E-state index is 0.780. The Morgan fingerprint density at radius 1 is 0.409 bits per heavy atom. The third-order valence-electron chi connectivity index (χ3n) is 8.53. The van der Waals surface area contributed by atoms with Crippen LogP contribution in [0.1, 0.15) is 11.1 Å². The number of benzene rings is 6. The fourth-order valence-corrected chi connectivity index (χ4v) is 6.49. The molecule has 0 atom stereocenters. The number of imidazole rings is 2. The van der Waals surface area contributed by atoms with E-state index in [0.29, 0.717) is 0 Å². The van der Waals surface area contributed by atoms with Crippen LogP contribution in [0, 0.1) is 0 Å². The van der Waals surface area contributed by atoms with E-state index in [1.807, 2.05) is 12.4 Å². The van der Waals surface area contributed by atoms with Gasteiger partial charge in [0.1, 0.15) is 37.9 Å². The monoisotopic (exact) mass is 568 g/mol. The van der Waals surface area contributed by atoms with Crippen LogP contribution in [0.25, 0.3) is 55.4 Å². The van der Waals surface area contributed by atoms with Gasteiger partial charge in [-0.2, -0.15) is 0 Å². The van der Waals surface area contributed by atoms with Crippen molar-refractivity contribution >= 4 is 21.5 Å². The molecule has 0 amide bonds. The Hall–Kier alpha value is -5.74. The van der Waals surface area contributed by atoms with Crippen LogP contribution < -0.4 is 9.13 Å². The normalized spacial score (nSPS) is 11.4. The van der Waals surface area contributed by atoms with Gasteiger partial charge in [0.05, 0.1) is 11.1 Å². The van der Waals surface area contributed by atoms with Gasteiger partial charge < -0.3 is 0 Å². The van der Waals surface area contributed by atoms with Crippen LogP contribution in [-0.4, -0.2) is 9.97 Å². The summed E-state index contributed by atoms with van der Waals surface area (Å²) in [6, 6.07) is 47.8. The van der Waals surface area contributed by atoms with E-state index in [4.69, 9.17) is 0 Å². The number of aromatic nitrogens is 4. The first-order chi connectivity index (χ1) is 21.8. The summed E-state index contributed by atoms with van der Waals surface area (Å²) in [5, 5.41) is 4.89. The largest absolute Gasteiger partial charge is 0.287 e. The Kier molecular flexibility index (Phi) is 6.58. The lowest BCUT2D eigenvalue weighted by molar-refractivity contribution is -0.676. The lowest BCUT2D eigenvalue weighted by Crippen LogP contribution is -2.35. The van der Waals surface area contributed by atoms with E-state index >= 15 is 0 Å². The molecule has 44 heavy (non-hydrogen) atoms. The summed E-state index contributed by atoms with van der Waals surface area (Å²) in [6.07, 6.45) is 8.37. The maximum absolute atomic E-state index is 3.61. The molecule has 8 rings (SSSR count). The molecule has 8 aromatic rings. The second-order valence-electron chi connectivity index (χ2n) is 11.3. The molecule has 0 radical (unpaired) electrons. The highest BCUT2D eigenvalue weighted by Crippen LogP contribution is 2.44. The quantitative estimate of drug-likeness (QED) is 0.182. The fraction of sp³-hybridized carbons (Fsp3) is 0.0500. The van der Waals surface area contributed by atoms with Gasteiger partial charge >= 0.3 is 0 Å². The van der Waals surface area contributed by atoms with Gasteiger partial charge in [-0.05, 0) is 44.8 Å². The smallest absolute Gasteiger partial charge is 0.243 e. The zero-order chi connectivity index (χ0) is 29.3. The van der Waals surface area contributed by atoms with Crippen molar-refractivity contribution in [2.75, 3.05) is 0 Å². The zero-order valence-corrected chi connectivity index (χ0v) is 24.3. The summed E-state index contributed by atoms with van der Waals surface area (Å²) in [5.74, 6) is 2.16. The molecule has 6 aromatic carbocycles. The van der Waals surface area contributed by atoms with Crippen molar-refractivity contribution in [3.63, 3.8) is 0 Å². The molecule has 2 N–H and O–H groups in total. The van der Waals surface area contributed by atoms with E-state index in [1.54, 1.807) is 0 Å². The van der Waals surface area contributed by atoms with Crippen LogP contribution in [0.4, 0.5) is 0 Å². The van der Waals surface area contributed by atoms with Crippen molar-refractivity contribution < 1.29 is 9.13 Å². The highest BCUT2D eigenvalue weighted by Gasteiger charge is 2.27. The van der Waals surface area contributed by atoms with Gasteiger partial charge in [0.2, 0.25) is 0 Å². The molecule has 0 unspecified atom stereocenters. The van der Waals surface area contributed by atoms with Crippen LogP contribution in [0.3, 0.4) is 0 Å². The highest BCUT2D eigenvalue weighted by molar-refractivity contribution is 6.13. The van der Waals surface area contributed by atoms with E-state index < -0.39 is 0 Å². The van der Waals surface area contributed by atoms with E-state index in [9.17, 15) is 0 Å². The standard InChI is InChI=1S/C40H30N4/c1-3-11-29(12-4-1)27-43-25-23-41-39(43)35-21-19-31-15-7-9-17-33(31)37(35)38-34-18-10-8-16-32(34)20-22-36(38)40-42-24-26-44(40)28-30-13-5-2-6-14-30/h1-26H,27-28H2/p+2. The summed E-state index contributed by atoms with van der Waals surface area (Å²) in [6.45, 7) is 1.56. The van der Waals surface area contributed by atoms with E-state index in [1.165, 1.54) is 54.9 Å². The van der Waals surface area contributed by atoms with Gasteiger partial charge in [0.25, 0.3) is 11.6 Å². The van der Waals surface area contributed by atoms with Crippen LogP contribution in [0.15, 0.2) is 158 Å². The van der Waals surface area contributed by atoms with Crippen molar-refractivity contribution in [1.29, 1.82) is 0 Å². The topological polar surface area (TPSA) is 39.3 Å². The van der Waals surface area contributed by atoms with E-state index in [-0.39, 0.29) is 0 Å². The lowest BCUT2D eigenvalue weighted by Gasteiger charge is -2.17. The molecule has 0 fully saturated rings. The average molecular weight is 569 g/mol. The highest BCUT2D eigenvalue weighted by atomic mass is 15.1. The third-order valence-corrected chi connectivity index (χ3v) is 8.53. The van der Waals surface area contributed by atoms with Gasteiger partial charge in [0.15, 0.2) is 0 Å². The van der Waals surface area contributed by atoms with Crippen molar-refractivity contribution in [2.24, 2.45) is 0 Å². The molecular weight excluding hydrogens is 536 g/mol. The summed E-state index contributed by atoms with van der Waals surface area (Å²) < 4.78 is 4.63. The summed E-state index contributed by atoms with van der Waals surface area (Å²) in [5.41, 5.74) is 7.31. The molecule has 0 spiro atoms. The number of fused-ring (bicyclic) bond motifs is 2. The molecule has 0 aliphatic rings. The second-order valence-corrected chi connectivity index (χ2v) is 11.3. The van der Waals surface area contributed by atoms with E-state index in [0.717, 1.165) is 24.7 Å². The minimum Gasteiger partial charge on any atom is -0.243 e. The zero-order valence-electron chi connectivity index (χ0n) is 24.3. The number of hydrogen-bond donors (Lipinski definition) is 2. The van der Waals surface area contributed by atoms with Crippen LogP contribution in [-0.2, 0) is 13.1 Å². The molecule has 0 saturated carbocycles. The molecule has 0 saturated heterocycles. The maximum atomic E-state index is 3.61. The predicted octanol–water partition coefficient (Wildman–Crippen LogP) is 8.32. The molecule has 2 heterocycles. The summed E-state index contributed by atoms with van der Waals surface area (Å²) in [7, 11) is 0. The molecule has 4 nitrogen and oxygen atoms in total. The molecule has 0 aliphatic carbocycles. The molecule has 4 heteroatoms. The first kappa shape index (κ1) is 25.9. The number of nitrogens with one attached hydrogen (secondary N) is 2. The Morgan fingerprint density at radius 2 is 0.818 bits per heavy atom. The van der Waals surface area contributed by atoms with Gasteiger partial charge in [0, 0.05) is 11.1 Å². The number of H-pyrrole nitrogens is 2. The Bertz CT molecular complexity index is 2060. The molecule has 0 aliphatic heterocycles. The number of hydrogen-bond acceptors (Lipinski definition) is 0. The predicted molar refractivity (Wildman–Crippen MR) is 178 cm³/mol. The fourth-order valence-electron chi connectivity index (χ4n) is 6.49.